The van der Waals surface area contributed by atoms with Crippen molar-refractivity contribution in [1.82, 2.24) is 10.3 Å². The van der Waals surface area contributed by atoms with Gasteiger partial charge in [-0.2, -0.15) is 0 Å². The summed E-state index contributed by atoms with van der Waals surface area (Å²) < 4.78 is 0. The second-order valence-corrected chi connectivity index (χ2v) is 6.46. The van der Waals surface area contributed by atoms with E-state index in [9.17, 15) is 14.7 Å². The van der Waals surface area contributed by atoms with E-state index < -0.39 is 17.9 Å². The highest BCUT2D eigenvalue weighted by Crippen LogP contribution is 2.26. The molecule has 1 aromatic heterocycles. The standard InChI is InChI=1S/C19H14Cl2N2O3/c20-14-7-2-8-15(21)13(14)10-16(19(25)26)23-18(24)12-6-1-4-11-5-3-9-22-17(11)12/h1-9,16H,10H2,(H,23,24)(H,25,26)/t16-/m1/s1. The van der Waals surface area contributed by atoms with Gasteiger partial charge in [-0.15, -0.1) is 0 Å². The van der Waals surface area contributed by atoms with Gasteiger partial charge in [0.25, 0.3) is 5.91 Å². The summed E-state index contributed by atoms with van der Waals surface area (Å²) in [5.74, 6) is -1.70. The molecule has 1 atom stereocenters. The molecule has 0 aliphatic heterocycles. The van der Waals surface area contributed by atoms with Crippen molar-refractivity contribution in [2.24, 2.45) is 0 Å². The molecule has 132 valence electrons. The molecule has 2 N–H and O–H groups in total. The molecule has 0 bridgehead atoms. The average molecular weight is 389 g/mol. The highest BCUT2D eigenvalue weighted by atomic mass is 35.5. The minimum atomic E-state index is -1.18. The van der Waals surface area contributed by atoms with E-state index in [0.29, 0.717) is 26.7 Å². The zero-order chi connectivity index (χ0) is 18.7. The normalized spacial score (nSPS) is 11.9. The summed E-state index contributed by atoms with van der Waals surface area (Å²) in [6.45, 7) is 0. The Kier molecular flexibility index (Phi) is 5.40. The van der Waals surface area contributed by atoms with E-state index in [1.807, 2.05) is 12.1 Å². The number of carbonyl (C=O) groups excluding carboxylic acids is 1. The molecular weight excluding hydrogens is 375 g/mol. The van der Waals surface area contributed by atoms with Gasteiger partial charge in [0.05, 0.1) is 11.1 Å². The van der Waals surface area contributed by atoms with Crippen molar-refractivity contribution in [2.75, 3.05) is 0 Å². The molecule has 5 nitrogen and oxygen atoms in total. The topological polar surface area (TPSA) is 79.3 Å². The second-order valence-electron chi connectivity index (χ2n) is 5.65. The van der Waals surface area contributed by atoms with Crippen LogP contribution < -0.4 is 5.32 Å². The molecule has 0 spiro atoms. The van der Waals surface area contributed by atoms with Gasteiger partial charge in [0.15, 0.2) is 0 Å². The van der Waals surface area contributed by atoms with Gasteiger partial charge in [0.2, 0.25) is 0 Å². The van der Waals surface area contributed by atoms with Gasteiger partial charge < -0.3 is 10.4 Å². The lowest BCUT2D eigenvalue weighted by atomic mass is 10.0. The number of rotatable bonds is 5. The first-order valence-corrected chi connectivity index (χ1v) is 8.53. The molecule has 7 heteroatoms. The molecule has 0 unspecified atom stereocenters. The van der Waals surface area contributed by atoms with Crippen LogP contribution in [0.5, 0.6) is 0 Å². The van der Waals surface area contributed by atoms with E-state index in [1.54, 1.807) is 42.6 Å². The number of pyridine rings is 1. The summed E-state index contributed by atoms with van der Waals surface area (Å²) in [5.41, 5.74) is 1.28. The van der Waals surface area contributed by atoms with Gasteiger partial charge in [0, 0.05) is 28.0 Å². The Morgan fingerprint density at radius 3 is 2.38 bits per heavy atom. The highest BCUT2D eigenvalue weighted by molar-refractivity contribution is 6.36. The number of halogens is 2. The Bertz CT molecular complexity index is 966. The Labute approximate surface area is 159 Å². The Morgan fingerprint density at radius 2 is 1.69 bits per heavy atom. The number of carboxylic acid groups (broad SMARTS) is 1. The summed E-state index contributed by atoms with van der Waals surface area (Å²) >= 11 is 12.2. The first-order chi connectivity index (χ1) is 12.5. The summed E-state index contributed by atoms with van der Waals surface area (Å²) in [6, 6.07) is 12.5. The molecule has 0 saturated heterocycles. The summed E-state index contributed by atoms with van der Waals surface area (Å²) in [5, 5.41) is 13.5. The molecule has 2 aromatic carbocycles. The molecule has 0 fully saturated rings. The zero-order valence-electron chi connectivity index (χ0n) is 13.4. The predicted molar refractivity (Wildman–Crippen MR) is 101 cm³/mol. The van der Waals surface area contributed by atoms with Crippen LogP contribution in [0.1, 0.15) is 15.9 Å². The molecule has 0 radical (unpaired) electrons. The third kappa shape index (κ3) is 3.79. The van der Waals surface area contributed by atoms with Crippen molar-refractivity contribution in [3.8, 4) is 0 Å². The van der Waals surface area contributed by atoms with Crippen molar-refractivity contribution in [1.29, 1.82) is 0 Å². The largest absolute Gasteiger partial charge is 0.480 e. The van der Waals surface area contributed by atoms with Gasteiger partial charge in [-0.25, -0.2) is 4.79 Å². The quantitative estimate of drug-likeness (QED) is 0.692. The van der Waals surface area contributed by atoms with E-state index in [1.165, 1.54) is 0 Å². The number of carboxylic acids is 1. The van der Waals surface area contributed by atoms with Crippen molar-refractivity contribution in [3.63, 3.8) is 0 Å². The molecule has 0 aliphatic carbocycles. The van der Waals surface area contributed by atoms with Crippen molar-refractivity contribution >= 4 is 46.0 Å². The molecule has 0 saturated carbocycles. The second kappa shape index (κ2) is 7.72. The zero-order valence-corrected chi connectivity index (χ0v) is 15.0. The lowest BCUT2D eigenvalue weighted by molar-refractivity contribution is -0.139. The number of hydrogen-bond acceptors (Lipinski definition) is 3. The lowest BCUT2D eigenvalue weighted by Crippen LogP contribution is -2.42. The third-order valence-electron chi connectivity index (χ3n) is 3.95. The Balaban J connectivity index is 1.88. The van der Waals surface area contributed by atoms with Crippen LogP contribution in [0.2, 0.25) is 10.0 Å². The molecule has 3 aromatic rings. The minimum absolute atomic E-state index is 0.0300. The molecule has 1 heterocycles. The highest BCUT2D eigenvalue weighted by Gasteiger charge is 2.24. The van der Waals surface area contributed by atoms with Crippen LogP contribution in [0.15, 0.2) is 54.7 Å². The number of carbonyl (C=O) groups is 2. The Morgan fingerprint density at radius 1 is 1.04 bits per heavy atom. The van der Waals surface area contributed by atoms with Gasteiger partial charge in [-0.05, 0) is 29.8 Å². The van der Waals surface area contributed by atoms with E-state index in [4.69, 9.17) is 23.2 Å². The van der Waals surface area contributed by atoms with Crippen molar-refractivity contribution in [3.05, 3.63) is 75.9 Å². The van der Waals surface area contributed by atoms with E-state index in [2.05, 4.69) is 10.3 Å². The summed E-state index contributed by atoms with van der Waals surface area (Å²) in [4.78, 5) is 28.5. The maximum Gasteiger partial charge on any atom is 0.326 e. The number of nitrogens with zero attached hydrogens (tertiary/aromatic N) is 1. The maximum atomic E-state index is 12.7. The monoisotopic (exact) mass is 388 g/mol. The van der Waals surface area contributed by atoms with Crippen LogP contribution in [0.4, 0.5) is 0 Å². The number of para-hydroxylation sites is 1. The van der Waals surface area contributed by atoms with Gasteiger partial charge in [0.1, 0.15) is 6.04 Å². The fourth-order valence-electron chi connectivity index (χ4n) is 2.65. The Hall–Kier alpha value is -2.63. The van der Waals surface area contributed by atoms with Crippen LogP contribution in [0, 0.1) is 0 Å². The van der Waals surface area contributed by atoms with E-state index in [-0.39, 0.29) is 6.42 Å². The maximum absolute atomic E-state index is 12.7. The number of amides is 1. The van der Waals surface area contributed by atoms with Crippen LogP contribution in [-0.2, 0) is 11.2 Å². The predicted octanol–water partition coefficient (Wildman–Crippen LogP) is 3.97. The molecule has 26 heavy (non-hydrogen) atoms. The smallest absolute Gasteiger partial charge is 0.326 e. The van der Waals surface area contributed by atoms with Gasteiger partial charge in [-0.1, -0.05) is 47.5 Å². The number of fused-ring (bicyclic) bond motifs is 1. The van der Waals surface area contributed by atoms with Crippen LogP contribution in [-0.4, -0.2) is 28.0 Å². The average Bonchev–Trinajstić information content (AvgIpc) is 2.63. The third-order valence-corrected chi connectivity index (χ3v) is 4.66. The van der Waals surface area contributed by atoms with Crippen LogP contribution in [0.3, 0.4) is 0 Å². The fourth-order valence-corrected chi connectivity index (χ4v) is 3.21. The van der Waals surface area contributed by atoms with Gasteiger partial charge in [-0.3, -0.25) is 9.78 Å². The molecule has 1 amide bonds. The fraction of sp³-hybridized carbons (Fsp3) is 0.105. The number of aromatic nitrogens is 1. The molecule has 3 rings (SSSR count). The first kappa shape index (κ1) is 18.2. The number of aliphatic carboxylic acids is 1. The first-order valence-electron chi connectivity index (χ1n) is 7.77. The van der Waals surface area contributed by atoms with Gasteiger partial charge >= 0.3 is 5.97 Å². The van der Waals surface area contributed by atoms with Crippen LogP contribution in [0.25, 0.3) is 10.9 Å². The molecular formula is C19H14Cl2N2O3. The SMILES string of the molecule is O=C(N[C@H](Cc1c(Cl)cccc1Cl)C(=O)O)c1cccc2cccnc12. The summed E-state index contributed by atoms with van der Waals surface area (Å²) in [6.07, 6.45) is 1.55. The van der Waals surface area contributed by atoms with E-state index >= 15 is 0 Å². The summed E-state index contributed by atoms with van der Waals surface area (Å²) in [7, 11) is 0. The van der Waals surface area contributed by atoms with Crippen LogP contribution >= 0.6 is 23.2 Å². The molecule has 0 aliphatic rings. The van der Waals surface area contributed by atoms with Crippen molar-refractivity contribution < 1.29 is 14.7 Å². The number of benzene rings is 2. The van der Waals surface area contributed by atoms with E-state index in [0.717, 1.165) is 5.39 Å². The number of nitrogens with one attached hydrogen (secondary N) is 1. The lowest BCUT2D eigenvalue weighted by Gasteiger charge is -2.17. The minimum Gasteiger partial charge on any atom is -0.480 e. The van der Waals surface area contributed by atoms with Crippen molar-refractivity contribution in [2.45, 2.75) is 12.5 Å². The number of hydrogen-bond donors (Lipinski definition) is 2.